The van der Waals surface area contributed by atoms with Crippen molar-refractivity contribution in [2.24, 2.45) is 0 Å². The van der Waals surface area contributed by atoms with Crippen LogP contribution in [0.15, 0.2) is 30.3 Å². The van der Waals surface area contributed by atoms with Gasteiger partial charge in [0, 0.05) is 19.6 Å². The summed E-state index contributed by atoms with van der Waals surface area (Å²) in [6, 6.07) is 10.2. The van der Waals surface area contributed by atoms with Crippen LogP contribution in [0.4, 0.5) is 4.39 Å². The summed E-state index contributed by atoms with van der Waals surface area (Å²) < 4.78 is 13.5. The van der Waals surface area contributed by atoms with E-state index in [9.17, 15) is 4.39 Å². The first kappa shape index (κ1) is 9.66. The van der Waals surface area contributed by atoms with Crippen molar-refractivity contribution in [1.82, 2.24) is 4.90 Å². The Hall–Kier alpha value is -0.890. The molecule has 2 rings (SSSR count). The van der Waals surface area contributed by atoms with E-state index >= 15 is 0 Å². The van der Waals surface area contributed by atoms with Crippen LogP contribution in [0, 0.1) is 0 Å². The Morgan fingerprint density at radius 3 is 2.50 bits per heavy atom. The Bertz CT molecular complexity index is 290. The number of rotatable bonds is 3. The zero-order chi connectivity index (χ0) is 10.0. The monoisotopic (exact) mass is 193 g/mol. The van der Waals surface area contributed by atoms with Crippen LogP contribution in [0.3, 0.4) is 0 Å². The standard InChI is InChI=1S/C12H16FN/c1-2-12(13)9-14(10-12)8-11-6-4-3-5-7-11/h3-7H,2,8-10H2,1H3. The van der Waals surface area contributed by atoms with Crippen LogP contribution in [-0.2, 0) is 6.54 Å². The zero-order valence-corrected chi connectivity index (χ0v) is 8.54. The molecule has 14 heavy (non-hydrogen) atoms. The molecule has 1 nitrogen and oxygen atoms in total. The molecular formula is C12H16FN. The minimum atomic E-state index is -0.908. The van der Waals surface area contributed by atoms with Crippen molar-refractivity contribution in [2.75, 3.05) is 13.1 Å². The third-order valence-corrected chi connectivity index (χ3v) is 2.90. The van der Waals surface area contributed by atoms with Crippen LogP contribution in [0.5, 0.6) is 0 Å². The van der Waals surface area contributed by atoms with E-state index in [1.165, 1.54) is 5.56 Å². The van der Waals surface area contributed by atoms with Gasteiger partial charge in [-0.1, -0.05) is 37.3 Å². The van der Waals surface area contributed by atoms with Gasteiger partial charge in [-0.2, -0.15) is 0 Å². The predicted molar refractivity (Wildman–Crippen MR) is 55.8 cm³/mol. The number of alkyl halides is 1. The van der Waals surface area contributed by atoms with Crippen molar-refractivity contribution >= 4 is 0 Å². The molecule has 0 aromatic heterocycles. The van der Waals surface area contributed by atoms with Gasteiger partial charge in [0.2, 0.25) is 0 Å². The molecule has 76 valence electrons. The van der Waals surface area contributed by atoms with Crippen LogP contribution in [0.1, 0.15) is 18.9 Å². The number of nitrogens with zero attached hydrogens (tertiary/aromatic N) is 1. The van der Waals surface area contributed by atoms with Crippen molar-refractivity contribution in [3.8, 4) is 0 Å². The molecule has 1 fully saturated rings. The molecule has 1 heterocycles. The van der Waals surface area contributed by atoms with E-state index < -0.39 is 5.67 Å². The maximum Gasteiger partial charge on any atom is 0.136 e. The maximum atomic E-state index is 13.5. The molecule has 0 aliphatic carbocycles. The van der Waals surface area contributed by atoms with Gasteiger partial charge in [0.25, 0.3) is 0 Å². The zero-order valence-electron chi connectivity index (χ0n) is 8.54. The summed E-state index contributed by atoms with van der Waals surface area (Å²) in [6.07, 6.45) is 0.637. The van der Waals surface area contributed by atoms with Crippen LogP contribution in [0.2, 0.25) is 0 Å². The molecule has 1 aliphatic heterocycles. The van der Waals surface area contributed by atoms with Gasteiger partial charge in [-0.25, -0.2) is 4.39 Å². The molecule has 0 radical (unpaired) electrons. The Morgan fingerprint density at radius 1 is 1.29 bits per heavy atom. The molecule has 2 heteroatoms. The van der Waals surface area contributed by atoms with Crippen LogP contribution >= 0.6 is 0 Å². The second kappa shape index (κ2) is 3.70. The van der Waals surface area contributed by atoms with Gasteiger partial charge in [0.15, 0.2) is 0 Å². The fourth-order valence-corrected chi connectivity index (χ4v) is 1.93. The Morgan fingerprint density at radius 2 is 1.93 bits per heavy atom. The van der Waals surface area contributed by atoms with Gasteiger partial charge in [-0.15, -0.1) is 0 Å². The summed E-state index contributed by atoms with van der Waals surface area (Å²) in [4.78, 5) is 2.15. The normalized spacial score (nSPS) is 20.4. The lowest BCUT2D eigenvalue weighted by Gasteiger charge is -2.44. The Kier molecular flexibility index (Phi) is 2.55. The third-order valence-electron chi connectivity index (χ3n) is 2.90. The van der Waals surface area contributed by atoms with E-state index in [4.69, 9.17) is 0 Å². The largest absolute Gasteiger partial charge is 0.293 e. The molecule has 1 aliphatic rings. The Balaban J connectivity index is 1.85. The summed E-state index contributed by atoms with van der Waals surface area (Å²) in [7, 11) is 0. The number of hydrogen-bond donors (Lipinski definition) is 0. The highest BCUT2D eigenvalue weighted by Gasteiger charge is 2.41. The fourth-order valence-electron chi connectivity index (χ4n) is 1.93. The predicted octanol–water partition coefficient (Wildman–Crippen LogP) is 2.62. The highest BCUT2D eigenvalue weighted by Crippen LogP contribution is 2.29. The lowest BCUT2D eigenvalue weighted by atomic mass is 9.93. The molecule has 0 spiro atoms. The van der Waals surface area contributed by atoms with E-state index in [-0.39, 0.29) is 0 Å². The highest BCUT2D eigenvalue weighted by atomic mass is 19.1. The van der Waals surface area contributed by atoms with E-state index in [2.05, 4.69) is 17.0 Å². The van der Waals surface area contributed by atoms with Crippen LogP contribution in [0.25, 0.3) is 0 Å². The summed E-state index contributed by atoms with van der Waals surface area (Å²) in [5.74, 6) is 0. The quantitative estimate of drug-likeness (QED) is 0.713. The van der Waals surface area contributed by atoms with E-state index in [0.717, 1.165) is 6.54 Å². The highest BCUT2D eigenvalue weighted by molar-refractivity contribution is 5.15. The first-order chi connectivity index (χ1) is 6.72. The average molecular weight is 193 g/mol. The average Bonchev–Trinajstić information content (AvgIpc) is 2.17. The molecule has 0 saturated carbocycles. The molecule has 0 amide bonds. The topological polar surface area (TPSA) is 3.24 Å². The van der Waals surface area contributed by atoms with Crippen molar-refractivity contribution in [3.63, 3.8) is 0 Å². The van der Waals surface area contributed by atoms with E-state index in [0.29, 0.717) is 19.5 Å². The Labute approximate surface area is 84.5 Å². The lowest BCUT2D eigenvalue weighted by molar-refractivity contribution is -0.0393. The summed E-state index contributed by atoms with van der Waals surface area (Å²) in [6.45, 7) is 3.99. The molecular weight excluding hydrogens is 177 g/mol. The molecule has 1 aromatic carbocycles. The number of likely N-dealkylation sites (tertiary alicyclic amines) is 1. The first-order valence-corrected chi connectivity index (χ1v) is 5.17. The molecule has 1 saturated heterocycles. The van der Waals surface area contributed by atoms with Gasteiger partial charge < -0.3 is 0 Å². The van der Waals surface area contributed by atoms with E-state index in [1.807, 2.05) is 25.1 Å². The number of halogens is 1. The fraction of sp³-hybridized carbons (Fsp3) is 0.500. The van der Waals surface area contributed by atoms with Crippen LogP contribution < -0.4 is 0 Å². The molecule has 0 bridgehead atoms. The van der Waals surface area contributed by atoms with Gasteiger partial charge in [0.05, 0.1) is 0 Å². The van der Waals surface area contributed by atoms with E-state index in [1.54, 1.807) is 0 Å². The van der Waals surface area contributed by atoms with Crippen molar-refractivity contribution in [3.05, 3.63) is 35.9 Å². The molecule has 0 unspecified atom stereocenters. The molecule has 0 N–H and O–H groups in total. The molecule has 0 atom stereocenters. The lowest BCUT2D eigenvalue weighted by Crippen LogP contribution is -2.57. The number of hydrogen-bond acceptors (Lipinski definition) is 1. The first-order valence-electron chi connectivity index (χ1n) is 5.17. The van der Waals surface area contributed by atoms with Crippen molar-refractivity contribution < 1.29 is 4.39 Å². The van der Waals surface area contributed by atoms with Crippen LogP contribution in [-0.4, -0.2) is 23.7 Å². The van der Waals surface area contributed by atoms with Crippen molar-refractivity contribution in [2.45, 2.75) is 25.6 Å². The SMILES string of the molecule is CCC1(F)CN(Cc2ccccc2)C1. The van der Waals surface area contributed by atoms with Gasteiger partial charge in [0.1, 0.15) is 5.67 Å². The minimum absolute atomic E-state index is 0.596. The van der Waals surface area contributed by atoms with Crippen molar-refractivity contribution in [1.29, 1.82) is 0 Å². The summed E-state index contributed by atoms with van der Waals surface area (Å²) in [5.41, 5.74) is 0.361. The molecule has 1 aromatic rings. The number of benzene rings is 1. The second-order valence-electron chi connectivity index (χ2n) is 4.14. The van der Waals surface area contributed by atoms with Gasteiger partial charge in [-0.3, -0.25) is 4.90 Å². The summed E-state index contributed by atoms with van der Waals surface area (Å²) >= 11 is 0. The second-order valence-corrected chi connectivity index (χ2v) is 4.14. The smallest absolute Gasteiger partial charge is 0.136 e. The minimum Gasteiger partial charge on any atom is -0.293 e. The third kappa shape index (κ3) is 1.95. The maximum absolute atomic E-state index is 13.5. The van der Waals surface area contributed by atoms with Gasteiger partial charge in [-0.05, 0) is 12.0 Å². The van der Waals surface area contributed by atoms with Gasteiger partial charge >= 0.3 is 0 Å². The summed E-state index contributed by atoms with van der Waals surface area (Å²) in [5, 5.41) is 0.